The van der Waals surface area contributed by atoms with Crippen LogP contribution in [-0.2, 0) is 10.0 Å². The first-order valence-corrected chi connectivity index (χ1v) is 9.16. The molecule has 0 saturated carbocycles. The lowest BCUT2D eigenvalue weighted by Gasteiger charge is -2.04. The van der Waals surface area contributed by atoms with E-state index in [4.69, 9.17) is 11.5 Å². The van der Waals surface area contributed by atoms with Crippen molar-refractivity contribution in [2.45, 2.75) is 4.90 Å². The van der Waals surface area contributed by atoms with Gasteiger partial charge in [-0.05, 0) is 22.0 Å². The Morgan fingerprint density at radius 3 is 2.84 bits per heavy atom. The van der Waals surface area contributed by atoms with Gasteiger partial charge in [0.1, 0.15) is 9.77 Å². The van der Waals surface area contributed by atoms with Crippen LogP contribution in [0.3, 0.4) is 0 Å². The van der Waals surface area contributed by atoms with Crippen LogP contribution < -0.4 is 4.72 Å². The molecule has 5 nitrogen and oxygen atoms in total. The third-order valence-electron chi connectivity index (χ3n) is 1.88. The fourth-order valence-electron chi connectivity index (χ4n) is 1.10. The fraction of sp³-hybridized carbons (Fsp3) is 0.300. The van der Waals surface area contributed by atoms with Crippen LogP contribution in [-0.4, -0.2) is 37.5 Å². The van der Waals surface area contributed by atoms with E-state index < -0.39 is 16.0 Å². The number of hydrogen-bond donors (Lipinski definition) is 2. The first kappa shape index (κ1) is 16.5. The number of carboxylic acid groups (broad SMARTS) is 1. The molecule has 1 rings (SSSR count). The average molecular weight is 384 g/mol. The molecule has 0 aromatic carbocycles. The van der Waals surface area contributed by atoms with Crippen LogP contribution in [0.15, 0.2) is 14.7 Å². The van der Waals surface area contributed by atoms with Crippen molar-refractivity contribution in [2.75, 3.05) is 18.1 Å². The number of terminal acetylenes is 1. The quantitative estimate of drug-likeness (QED) is 0.554. The molecule has 0 bridgehead atoms. The van der Waals surface area contributed by atoms with Crippen LogP contribution in [0.25, 0.3) is 0 Å². The van der Waals surface area contributed by atoms with Crippen LogP contribution >= 0.6 is 39.0 Å². The monoisotopic (exact) mass is 383 g/mol. The van der Waals surface area contributed by atoms with Crippen LogP contribution in [0.2, 0.25) is 0 Å². The fourth-order valence-corrected chi connectivity index (χ4v) is 5.17. The SMILES string of the molecule is C#CCSCCNS(=O)(=O)c1cc(C(=O)O)sc1Br. The van der Waals surface area contributed by atoms with Gasteiger partial charge in [0.05, 0.1) is 9.54 Å². The third-order valence-corrected chi connectivity index (χ3v) is 6.44. The van der Waals surface area contributed by atoms with E-state index in [0.29, 0.717) is 11.5 Å². The number of hydrogen-bond acceptors (Lipinski definition) is 5. The molecule has 19 heavy (non-hydrogen) atoms. The lowest BCUT2D eigenvalue weighted by Crippen LogP contribution is -2.26. The summed E-state index contributed by atoms with van der Waals surface area (Å²) in [4.78, 5) is 10.7. The van der Waals surface area contributed by atoms with Gasteiger partial charge < -0.3 is 5.11 Å². The average Bonchev–Trinajstić information content (AvgIpc) is 2.72. The van der Waals surface area contributed by atoms with Crippen molar-refractivity contribution < 1.29 is 18.3 Å². The minimum Gasteiger partial charge on any atom is -0.477 e. The number of carbonyl (C=O) groups is 1. The third kappa shape index (κ3) is 4.81. The molecule has 104 valence electrons. The lowest BCUT2D eigenvalue weighted by atomic mass is 10.5. The Morgan fingerprint density at radius 1 is 1.63 bits per heavy atom. The molecule has 0 aliphatic carbocycles. The molecule has 0 saturated heterocycles. The number of nitrogens with one attached hydrogen (secondary N) is 1. The summed E-state index contributed by atoms with van der Waals surface area (Å²) in [5.74, 6) is 2.35. The summed E-state index contributed by atoms with van der Waals surface area (Å²) in [6, 6.07) is 1.13. The van der Waals surface area contributed by atoms with E-state index in [9.17, 15) is 13.2 Å². The standard InChI is InChI=1S/C10H10BrNO4S3/c1-2-4-17-5-3-12-19(15,16)8-6-7(10(13)14)18-9(8)11/h1,6,12H,3-5H2,(H,13,14). The Kier molecular flexibility index (Phi) is 6.35. The highest BCUT2D eigenvalue weighted by atomic mass is 79.9. The molecule has 0 aliphatic heterocycles. The van der Waals surface area contributed by atoms with Gasteiger partial charge in [0.2, 0.25) is 10.0 Å². The van der Waals surface area contributed by atoms with Crippen molar-refractivity contribution in [3.05, 3.63) is 14.7 Å². The maximum absolute atomic E-state index is 11.9. The smallest absolute Gasteiger partial charge is 0.345 e. The first-order chi connectivity index (χ1) is 8.88. The Bertz CT molecular complexity index is 603. The summed E-state index contributed by atoms with van der Waals surface area (Å²) in [5.41, 5.74) is 0. The molecular weight excluding hydrogens is 374 g/mol. The summed E-state index contributed by atoms with van der Waals surface area (Å²) in [5, 5.41) is 8.81. The number of aromatic carboxylic acids is 1. The molecule has 0 fully saturated rings. The highest BCUT2D eigenvalue weighted by molar-refractivity contribution is 9.11. The van der Waals surface area contributed by atoms with E-state index in [1.807, 2.05) is 0 Å². The van der Waals surface area contributed by atoms with Crippen molar-refractivity contribution in [1.29, 1.82) is 0 Å². The summed E-state index contributed by atoms with van der Waals surface area (Å²) in [6.45, 7) is 0.235. The minimum atomic E-state index is -3.71. The number of sulfonamides is 1. The summed E-state index contributed by atoms with van der Waals surface area (Å²) in [6.07, 6.45) is 5.07. The van der Waals surface area contributed by atoms with Crippen LogP contribution in [0, 0.1) is 12.3 Å². The second-order valence-corrected chi connectivity index (χ2v) is 8.42. The zero-order valence-corrected chi connectivity index (χ0v) is 13.6. The minimum absolute atomic E-state index is 0.0334. The Hall–Kier alpha value is -0.530. The first-order valence-electron chi connectivity index (χ1n) is 4.92. The number of thioether (sulfide) groups is 1. The van der Waals surface area contributed by atoms with Gasteiger partial charge >= 0.3 is 5.97 Å². The molecule has 0 aliphatic rings. The Morgan fingerprint density at radius 2 is 2.32 bits per heavy atom. The number of thiophene rings is 1. The summed E-state index contributed by atoms with van der Waals surface area (Å²) in [7, 11) is -3.71. The Labute approximate surface area is 128 Å². The molecule has 1 aromatic rings. The van der Waals surface area contributed by atoms with E-state index >= 15 is 0 Å². The van der Waals surface area contributed by atoms with Crippen molar-refractivity contribution in [3.8, 4) is 12.3 Å². The Balaban J connectivity index is 2.72. The van der Waals surface area contributed by atoms with E-state index in [2.05, 4.69) is 26.6 Å². The van der Waals surface area contributed by atoms with Crippen molar-refractivity contribution in [2.24, 2.45) is 0 Å². The molecule has 1 heterocycles. The largest absolute Gasteiger partial charge is 0.477 e. The number of halogens is 1. The predicted octanol–water partition coefficient (Wildman–Crippen LogP) is 1.85. The maximum atomic E-state index is 11.9. The van der Waals surface area contributed by atoms with Gasteiger partial charge in [-0.3, -0.25) is 0 Å². The highest BCUT2D eigenvalue weighted by Crippen LogP contribution is 2.31. The molecular formula is C10H10BrNO4S3. The normalized spacial score (nSPS) is 11.2. The van der Waals surface area contributed by atoms with Gasteiger partial charge in [-0.25, -0.2) is 17.9 Å². The summed E-state index contributed by atoms with van der Waals surface area (Å²) >= 11 is 5.36. The van der Waals surface area contributed by atoms with Crippen LogP contribution in [0.5, 0.6) is 0 Å². The van der Waals surface area contributed by atoms with Crippen molar-refractivity contribution in [1.82, 2.24) is 4.72 Å². The number of rotatable bonds is 7. The topological polar surface area (TPSA) is 83.5 Å². The molecule has 0 amide bonds. The second-order valence-electron chi connectivity index (χ2n) is 3.21. The number of carboxylic acids is 1. The lowest BCUT2D eigenvalue weighted by molar-refractivity contribution is 0.0702. The molecule has 0 unspecified atom stereocenters. The zero-order chi connectivity index (χ0) is 14.5. The predicted molar refractivity (Wildman–Crippen MR) is 80.3 cm³/mol. The highest BCUT2D eigenvalue weighted by Gasteiger charge is 2.22. The van der Waals surface area contributed by atoms with E-state index in [-0.39, 0.29) is 20.1 Å². The molecule has 2 N–H and O–H groups in total. The molecule has 0 atom stereocenters. The van der Waals surface area contributed by atoms with Crippen LogP contribution in [0.4, 0.5) is 0 Å². The maximum Gasteiger partial charge on any atom is 0.345 e. The van der Waals surface area contributed by atoms with Gasteiger partial charge in [0.15, 0.2) is 0 Å². The van der Waals surface area contributed by atoms with E-state index in [1.165, 1.54) is 11.8 Å². The van der Waals surface area contributed by atoms with Gasteiger partial charge in [-0.15, -0.1) is 29.5 Å². The molecule has 9 heteroatoms. The van der Waals surface area contributed by atoms with Crippen LogP contribution in [0.1, 0.15) is 9.67 Å². The van der Waals surface area contributed by atoms with Gasteiger partial charge in [-0.2, -0.15) is 0 Å². The summed E-state index contributed by atoms with van der Waals surface area (Å²) < 4.78 is 26.6. The van der Waals surface area contributed by atoms with Gasteiger partial charge in [-0.1, -0.05) is 5.92 Å². The van der Waals surface area contributed by atoms with Gasteiger partial charge in [0, 0.05) is 12.3 Å². The second kappa shape index (κ2) is 7.31. The van der Waals surface area contributed by atoms with E-state index in [0.717, 1.165) is 17.4 Å². The molecule has 0 spiro atoms. The van der Waals surface area contributed by atoms with Gasteiger partial charge in [0.25, 0.3) is 0 Å². The van der Waals surface area contributed by atoms with E-state index in [1.54, 1.807) is 0 Å². The molecule has 1 aromatic heterocycles. The van der Waals surface area contributed by atoms with Crippen molar-refractivity contribution >= 4 is 55.0 Å². The zero-order valence-electron chi connectivity index (χ0n) is 9.55. The molecule has 0 radical (unpaired) electrons. The van der Waals surface area contributed by atoms with Crippen molar-refractivity contribution in [3.63, 3.8) is 0 Å².